The van der Waals surface area contributed by atoms with E-state index in [2.05, 4.69) is 0 Å². The van der Waals surface area contributed by atoms with Crippen molar-refractivity contribution in [3.05, 3.63) is 35.4 Å². The Labute approximate surface area is 111 Å². The van der Waals surface area contributed by atoms with Crippen molar-refractivity contribution in [3.63, 3.8) is 0 Å². The van der Waals surface area contributed by atoms with Gasteiger partial charge in [0.05, 0.1) is 11.9 Å². The molecule has 0 aliphatic rings. The Morgan fingerprint density at radius 2 is 1.00 bits per heavy atom. The first-order chi connectivity index (χ1) is 5.61. The van der Waals surface area contributed by atoms with E-state index in [0.717, 1.165) is 24.3 Å². The van der Waals surface area contributed by atoms with Gasteiger partial charge in [-0.15, -0.1) is 0 Å². The number of carboxylic acids is 2. The maximum atomic E-state index is 10.2. The van der Waals surface area contributed by atoms with Crippen molar-refractivity contribution < 1.29 is 64.6 Å². The van der Waals surface area contributed by atoms with E-state index in [1.165, 1.54) is 0 Å². The van der Waals surface area contributed by atoms with E-state index in [0.29, 0.717) is 0 Å². The van der Waals surface area contributed by atoms with E-state index in [4.69, 9.17) is 0 Å². The fourth-order valence-electron chi connectivity index (χ4n) is 0.742. The van der Waals surface area contributed by atoms with Crippen molar-refractivity contribution in [3.8, 4) is 0 Å². The predicted molar refractivity (Wildman–Crippen MR) is 35.1 cm³/mol. The first-order valence-corrected chi connectivity index (χ1v) is 3.14. The molecule has 6 heteroatoms. The summed E-state index contributed by atoms with van der Waals surface area (Å²) < 4.78 is 0. The molecule has 1 aromatic rings. The number of hydrogen-bond acceptors (Lipinski definition) is 4. The molecular weight excluding hydrogens is 376 g/mol. The van der Waals surface area contributed by atoms with Gasteiger partial charge in [-0.1, -0.05) is 24.3 Å². The third-order valence-electron chi connectivity index (χ3n) is 1.36. The average Bonchev–Trinajstić information content (AvgIpc) is 2.04. The SMILES string of the molecule is O=C([O-])c1ccc(C(=O)[O-])cc1.[Ag+].[Ag+]. The molecule has 4 nitrogen and oxygen atoms in total. The number of aromatic carboxylic acids is 2. The zero-order chi connectivity index (χ0) is 9.14. The molecule has 0 unspecified atom stereocenters. The van der Waals surface area contributed by atoms with E-state index >= 15 is 0 Å². The van der Waals surface area contributed by atoms with Crippen molar-refractivity contribution in [2.75, 3.05) is 0 Å². The van der Waals surface area contributed by atoms with Gasteiger partial charge < -0.3 is 19.8 Å². The van der Waals surface area contributed by atoms with Crippen LogP contribution in [0.25, 0.3) is 0 Å². The van der Waals surface area contributed by atoms with Crippen LogP contribution in [-0.2, 0) is 44.8 Å². The molecule has 1 aromatic carbocycles. The molecule has 0 aliphatic carbocycles. The molecule has 0 atom stereocenters. The zero-order valence-electron chi connectivity index (χ0n) is 6.55. The minimum absolute atomic E-state index is 0. The van der Waals surface area contributed by atoms with Crippen LogP contribution in [-0.4, -0.2) is 11.9 Å². The molecule has 0 heterocycles. The largest absolute Gasteiger partial charge is 1.00 e. The molecule has 0 radical (unpaired) electrons. The van der Waals surface area contributed by atoms with Gasteiger partial charge in [-0.25, -0.2) is 0 Å². The molecule has 1 rings (SSSR count). The Bertz CT molecular complexity index is 288. The van der Waals surface area contributed by atoms with Crippen LogP contribution in [0.5, 0.6) is 0 Å². The number of hydrogen-bond donors (Lipinski definition) is 0. The van der Waals surface area contributed by atoms with Gasteiger partial charge >= 0.3 is 44.8 Å². The second-order valence-corrected chi connectivity index (χ2v) is 2.15. The van der Waals surface area contributed by atoms with Crippen molar-refractivity contribution in [2.24, 2.45) is 0 Å². The van der Waals surface area contributed by atoms with Gasteiger partial charge in [0.2, 0.25) is 0 Å². The normalized spacial score (nSPS) is 8.00. The van der Waals surface area contributed by atoms with Gasteiger partial charge in [-0.05, 0) is 11.1 Å². The van der Waals surface area contributed by atoms with Gasteiger partial charge in [0.1, 0.15) is 0 Å². The molecular formula is C8H4Ag2O4. The average molecular weight is 380 g/mol. The van der Waals surface area contributed by atoms with Crippen molar-refractivity contribution in [2.45, 2.75) is 0 Å². The number of benzene rings is 1. The molecule has 14 heavy (non-hydrogen) atoms. The minimum Gasteiger partial charge on any atom is -0.545 e. The van der Waals surface area contributed by atoms with E-state index in [-0.39, 0.29) is 55.9 Å². The second-order valence-electron chi connectivity index (χ2n) is 2.15. The number of carboxylic acid groups (broad SMARTS) is 2. The van der Waals surface area contributed by atoms with E-state index < -0.39 is 11.9 Å². The van der Waals surface area contributed by atoms with Crippen LogP contribution in [0.15, 0.2) is 24.3 Å². The summed E-state index contributed by atoms with van der Waals surface area (Å²) in [7, 11) is 0. The molecule has 0 aliphatic heterocycles. The monoisotopic (exact) mass is 378 g/mol. The zero-order valence-corrected chi connectivity index (χ0v) is 9.51. The van der Waals surface area contributed by atoms with Crippen molar-refractivity contribution >= 4 is 11.9 Å². The van der Waals surface area contributed by atoms with Crippen LogP contribution in [0.3, 0.4) is 0 Å². The standard InChI is InChI=1S/C8H6O4.2Ag/c9-7(10)5-1-2-6(4-3-5)8(11)12;;/h1-4H,(H,9,10)(H,11,12);;/q;2*+1/p-2. The first kappa shape index (κ1) is 16.1. The molecule has 0 bridgehead atoms. The van der Waals surface area contributed by atoms with E-state index in [1.807, 2.05) is 0 Å². The molecule has 0 spiro atoms. The molecule has 0 saturated carbocycles. The van der Waals surface area contributed by atoms with Gasteiger partial charge in [0.15, 0.2) is 0 Å². The smallest absolute Gasteiger partial charge is 0.545 e. The summed E-state index contributed by atoms with van der Waals surface area (Å²) in [4.78, 5) is 20.4. The van der Waals surface area contributed by atoms with Crippen LogP contribution in [0.1, 0.15) is 20.7 Å². The molecule has 0 N–H and O–H groups in total. The second kappa shape index (κ2) is 7.00. The van der Waals surface area contributed by atoms with Gasteiger partial charge in [0, 0.05) is 0 Å². The maximum absolute atomic E-state index is 10.2. The Hall–Kier alpha value is -0.359. The topological polar surface area (TPSA) is 80.3 Å². The van der Waals surface area contributed by atoms with E-state index in [9.17, 15) is 19.8 Å². The maximum Gasteiger partial charge on any atom is 1.00 e. The predicted octanol–water partition coefficient (Wildman–Crippen LogP) is -1.59. The van der Waals surface area contributed by atoms with E-state index in [1.54, 1.807) is 0 Å². The first-order valence-electron chi connectivity index (χ1n) is 3.14. The quantitative estimate of drug-likeness (QED) is 0.580. The summed E-state index contributed by atoms with van der Waals surface area (Å²) in [6.07, 6.45) is 0. The minimum atomic E-state index is -1.33. The van der Waals surface area contributed by atoms with Gasteiger partial charge in [-0.2, -0.15) is 0 Å². The van der Waals surface area contributed by atoms with Gasteiger partial charge in [0.25, 0.3) is 0 Å². The van der Waals surface area contributed by atoms with Crippen LogP contribution in [0, 0.1) is 0 Å². The van der Waals surface area contributed by atoms with Gasteiger partial charge in [-0.3, -0.25) is 0 Å². The summed E-state index contributed by atoms with van der Waals surface area (Å²) in [5.41, 5.74) is -0.111. The Balaban J connectivity index is 0. The summed E-state index contributed by atoms with van der Waals surface area (Å²) in [5, 5.41) is 20.4. The Kier molecular flexibility index (Phi) is 8.04. The molecule has 0 saturated heterocycles. The number of carbonyl (C=O) groups excluding carboxylic acids is 2. The molecule has 82 valence electrons. The molecule has 0 fully saturated rings. The number of rotatable bonds is 2. The van der Waals surface area contributed by atoms with Crippen LogP contribution < -0.4 is 10.2 Å². The molecule has 0 aromatic heterocycles. The summed E-state index contributed by atoms with van der Waals surface area (Å²) >= 11 is 0. The fraction of sp³-hybridized carbons (Fsp3) is 0. The Morgan fingerprint density at radius 3 is 1.14 bits per heavy atom. The van der Waals surface area contributed by atoms with Crippen molar-refractivity contribution in [1.82, 2.24) is 0 Å². The summed E-state index contributed by atoms with van der Waals surface area (Å²) in [6.45, 7) is 0. The summed E-state index contributed by atoms with van der Waals surface area (Å²) in [5.74, 6) is -2.67. The third kappa shape index (κ3) is 4.24. The Morgan fingerprint density at radius 1 is 0.786 bits per heavy atom. The third-order valence-corrected chi connectivity index (χ3v) is 1.36. The summed E-state index contributed by atoms with van der Waals surface area (Å²) in [6, 6.07) is 4.61. The van der Waals surface area contributed by atoms with Crippen LogP contribution >= 0.6 is 0 Å². The van der Waals surface area contributed by atoms with Crippen LogP contribution in [0.4, 0.5) is 0 Å². The van der Waals surface area contributed by atoms with Crippen molar-refractivity contribution in [1.29, 1.82) is 0 Å². The van der Waals surface area contributed by atoms with Crippen LogP contribution in [0.2, 0.25) is 0 Å². The number of carbonyl (C=O) groups is 2. The fourth-order valence-corrected chi connectivity index (χ4v) is 0.742. The molecule has 0 amide bonds.